The number of hydrogen-bond donors (Lipinski definition) is 1. The number of fused-ring (bicyclic) bond motifs is 1. The van der Waals surface area contributed by atoms with E-state index in [2.05, 4.69) is 5.32 Å². The normalized spacial score (nSPS) is 16.3. The van der Waals surface area contributed by atoms with E-state index in [1.807, 2.05) is 55.5 Å². The van der Waals surface area contributed by atoms with Gasteiger partial charge in [0, 0.05) is 6.54 Å². The molecule has 1 aliphatic rings. The summed E-state index contributed by atoms with van der Waals surface area (Å²) < 4.78 is 5.62. The molecule has 24 heavy (non-hydrogen) atoms. The van der Waals surface area contributed by atoms with Crippen molar-refractivity contribution >= 4 is 17.5 Å². The van der Waals surface area contributed by atoms with Crippen molar-refractivity contribution in [3.63, 3.8) is 0 Å². The first-order valence-electron chi connectivity index (χ1n) is 7.94. The fraction of sp³-hybridized carbons (Fsp3) is 0.263. The largest absolute Gasteiger partial charge is 0.479 e. The van der Waals surface area contributed by atoms with Crippen LogP contribution in [0.3, 0.4) is 0 Å². The lowest BCUT2D eigenvalue weighted by Crippen LogP contribution is -2.48. The molecule has 1 N–H and O–H groups in total. The predicted molar refractivity (Wildman–Crippen MR) is 91.9 cm³/mol. The van der Waals surface area contributed by atoms with Crippen LogP contribution in [0.25, 0.3) is 0 Å². The second-order valence-corrected chi connectivity index (χ2v) is 5.92. The number of rotatable bonds is 4. The van der Waals surface area contributed by atoms with Crippen LogP contribution >= 0.6 is 0 Å². The van der Waals surface area contributed by atoms with Crippen LogP contribution in [0, 0.1) is 6.92 Å². The second kappa shape index (κ2) is 6.74. The predicted octanol–water partition coefficient (Wildman–Crippen LogP) is 2.43. The van der Waals surface area contributed by atoms with Crippen molar-refractivity contribution in [1.82, 2.24) is 5.32 Å². The molecule has 5 nitrogen and oxygen atoms in total. The van der Waals surface area contributed by atoms with Crippen LogP contribution in [-0.4, -0.2) is 24.5 Å². The zero-order valence-corrected chi connectivity index (χ0v) is 13.8. The van der Waals surface area contributed by atoms with E-state index in [-0.39, 0.29) is 18.4 Å². The molecule has 0 spiro atoms. The molecular formula is C19H20N2O3. The molecule has 1 aliphatic heterocycles. The zero-order chi connectivity index (χ0) is 17.1. The molecule has 2 aromatic rings. The Morgan fingerprint density at radius 3 is 2.71 bits per heavy atom. The Morgan fingerprint density at radius 2 is 1.96 bits per heavy atom. The van der Waals surface area contributed by atoms with Gasteiger partial charge < -0.3 is 10.1 Å². The quantitative estimate of drug-likeness (QED) is 0.940. The third-order valence-electron chi connectivity index (χ3n) is 3.96. The van der Waals surface area contributed by atoms with Gasteiger partial charge in [0.1, 0.15) is 12.3 Å². The van der Waals surface area contributed by atoms with E-state index in [1.54, 1.807) is 6.92 Å². The van der Waals surface area contributed by atoms with Crippen molar-refractivity contribution in [3.05, 3.63) is 59.7 Å². The van der Waals surface area contributed by atoms with Crippen LogP contribution < -0.4 is 15.0 Å². The number of amides is 2. The Bertz CT molecular complexity index is 758. The summed E-state index contributed by atoms with van der Waals surface area (Å²) in [5, 5.41) is 2.85. The zero-order valence-electron chi connectivity index (χ0n) is 13.8. The van der Waals surface area contributed by atoms with Gasteiger partial charge in [-0.05, 0) is 37.1 Å². The van der Waals surface area contributed by atoms with E-state index in [4.69, 9.17) is 4.74 Å². The van der Waals surface area contributed by atoms with Crippen molar-refractivity contribution < 1.29 is 14.3 Å². The van der Waals surface area contributed by atoms with Crippen LogP contribution in [0.15, 0.2) is 48.5 Å². The molecule has 1 heterocycles. The van der Waals surface area contributed by atoms with E-state index in [0.29, 0.717) is 18.0 Å². The molecule has 2 aromatic carbocycles. The maximum absolute atomic E-state index is 12.4. The number of nitrogens with zero attached hydrogens (tertiary/aromatic N) is 1. The third-order valence-corrected chi connectivity index (χ3v) is 3.96. The molecule has 0 aliphatic carbocycles. The Balaban J connectivity index is 1.72. The average molecular weight is 324 g/mol. The third kappa shape index (κ3) is 3.40. The van der Waals surface area contributed by atoms with Crippen LogP contribution in [-0.2, 0) is 16.1 Å². The lowest BCUT2D eigenvalue weighted by Gasteiger charge is -2.32. The Kier molecular flexibility index (Phi) is 4.51. The smallest absolute Gasteiger partial charge is 0.268 e. The van der Waals surface area contributed by atoms with Crippen molar-refractivity contribution in [2.24, 2.45) is 0 Å². The summed E-state index contributed by atoms with van der Waals surface area (Å²) >= 11 is 0. The van der Waals surface area contributed by atoms with E-state index < -0.39 is 6.10 Å². The first-order chi connectivity index (χ1) is 11.5. The fourth-order valence-corrected chi connectivity index (χ4v) is 2.68. The summed E-state index contributed by atoms with van der Waals surface area (Å²) in [6.45, 7) is 4.06. The number of ether oxygens (including phenoxy) is 1. The SMILES string of the molecule is Cc1ccc2c(c1)N(CC(=O)NCc1ccccc1)C(=O)[C@H](C)O2. The molecule has 0 bridgehead atoms. The Labute approximate surface area is 141 Å². The average Bonchev–Trinajstić information content (AvgIpc) is 2.59. The van der Waals surface area contributed by atoms with Gasteiger partial charge in [0.2, 0.25) is 5.91 Å². The summed E-state index contributed by atoms with van der Waals surface area (Å²) in [5.74, 6) is 0.222. The number of carbonyl (C=O) groups is 2. The highest BCUT2D eigenvalue weighted by Gasteiger charge is 2.32. The minimum absolute atomic E-state index is 0.0180. The van der Waals surface area contributed by atoms with Crippen LogP contribution in [0.4, 0.5) is 5.69 Å². The van der Waals surface area contributed by atoms with Crippen molar-refractivity contribution in [2.75, 3.05) is 11.4 Å². The summed E-state index contributed by atoms with van der Waals surface area (Å²) in [6, 6.07) is 15.3. The minimum Gasteiger partial charge on any atom is -0.479 e. The van der Waals surface area contributed by atoms with Crippen LogP contribution in [0.5, 0.6) is 5.75 Å². The summed E-state index contributed by atoms with van der Waals surface area (Å²) in [5.41, 5.74) is 2.67. The molecule has 3 rings (SSSR count). The van der Waals surface area contributed by atoms with Gasteiger partial charge in [-0.15, -0.1) is 0 Å². The van der Waals surface area contributed by atoms with Gasteiger partial charge in [-0.25, -0.2) is 0 Å². The molecule has 0 aromatic heterocycles. The molecule has 124 valence electrons. The molecule has 0 saturated heterocycles. The van der Waals surface area contributed by atoms with E-state index >= 15 is 0 Å². The number of anilines is 1. The van der Waals surface area contributed by atoms with Crippen LogP contribution in [0.2, 0.25) is 0 Å². The highest BCUT2D eigenvalue weighted by Crippen LogP contribution is 2.34. The molecule has 0 radical (unpaired) electrons. The first kappa shape index (κ1) is 16.1. The number of carbonyl (C=O) groups excluding carboxylic acids is 2. The monoisotopic (exact) mass is 324 g/mol. The van der Waals surface area contributed by atoms with E-state index in [9.17, 15) is 9.59 Å². The summed E-state index contributed by atoms with van der Waals surface area (Å²) in [7, 11) is 0. The van der Waals surface area contributed by atoms with Crippen molar-refractivity contribution in [2.45, 2.75) is 26.5 Å². The molecule has 0 fully saturated rings. The van der Waals surface area contributed by atoms with E-state index in [0.717, 1.165) is 11.1 Å². The fourth-order valence-electron chi connectivity index (χ4n) is 2.68. The van der Waals surface area contributed by atoms with Gasteiger partial charge in [-0.2, -0.15) is 0 Å². The van der Waals surface area contributed by atoms with Crippen LogP contribution in [0.1, 0.15) is 18.1 Å². The lowest BCUT2D eigenvalue weighted by molar-refractivity contribution is -0.128. The maximum Gasteiger partial charge on any atom is 0.268 e. The Morgan fingerprint density at radius 1 is 1.21 bits per heavy atom. The van der Waals surface area contributed by atoms with Gasteiger partial charge in [0.25, 0.3) is 5.91 Å². The van der Waals surface area contributed by atoms with Gasteiger partial charge in [0.15, 0.2) is 6.10 Å². The number of nitrogens with one attached hydrogen (secondary N) is 1. The number of benzene rings is 2. The Hall–Kier alpha value is -2.82. The first-order valence-corrected chi connectivity index (χ1v) is 7.94. The molecule has 1 atom stereocenters. The number of aryl methyl sites for hydroxylation is 1. The summed E-state index contributed by atoms with van der Waals surface area (Å²) in [6.07, 6.45) is -0.595. The molecule has 0 saturated carbocycles. The standard InChI is InChI=1S/C19H20N2O3/c1-13-8-9-17-16(10-13)21(19(23)14(2)24-17)12-18(22)20-11-15-6-4-3-5-7-15/h3-10,14H,11-12H2,1-2H3,(H,20,22)/t14-/m0/s1. The highest BCUT2D eigenvalue weighted by atomic mass is 16.5. The summed E-state index contributed by atoms with van der Waals surface area (Å²) in [4.78, 5) is 26.2. The van der Waals surface area contributed by atoms with Gasteiger partial charge in [-0.3, -0.25) is 14.5 Å². The van der Waals surface area contributed by atoms with Crippen molar-refractivity contribution in [3.8, 4) is 5.75 Å². The second-order valence-electron chi connectivity index (χ2n) is 5.92. The highest BCUT2D eigenvalue weighted by molar-refractivity contribution is 6.03. The molecule has 5 heteroatoms. The number of hydrogen-bond acceptors (Lipinski definition) is 3. The topological polar surface area (TPSA) is 58.6 Å². The maximum atomic E-state index is 12.4. The minimum atomic E-state index is -0.595. The molecule has 0 unspecified atom stereocenters. The molecular weight excluding hydrogens is 304 g/mol. The van der Waals surface area contributed by atoms with Gasteiger partial charge in [0.05, 0.1) is 5.69 Å². The molecule has 2 amide bonds. The lowest BCUT2D eigenvalue weighted by atomic mass is 10.1. The van der Waals surface area contributed by atoms with Gasteiger partial charge in [-0.1, -0.05) is 36.4 Å². The van der Waals surface area contributed by atoms with Crippen molar-refractivity contribution in [1.29, 1.82) is 0 Å². The van der Waals surface area contributed by atoms with E-state index in [1.165, 1.54) is 4.90 Å². The van der Waals surface area contributed by atoms with Gasteiger partial charge >= 0.3 is 0 Å².